The number of carbonyl (C=O) groups excluding carboxylic acids is 1. The van der Waals surface area contributed by atoms with Crippen molar-refractivity contribution in [1.29, 1.82) is 0 Å². The summed E-state index contributed by atoms with van der Waals surface area (Å²) in [6.07, 6.45) is 7.96. The van der Waals surface area contributed by atoms with Crippen LogP contribution in [0.3, 0.4) is 0 Å². The highest BCUT2D eigenvalue weighted by Gasteiger charge is 2.05. The lowest BCUT2D eigenvalue weighted by Crippen LogP contribution is -2.02. The van der Waals surface area contributed by atoms with Gasteiger partial charge in [0.1, 0.15) is 5.82 Å². The summed E-state index contributed by atoms with van der Waals surface area (Å²) in [6, 6.07) is 11.8. The van der Waals surface area contributed by atoms with Crippen molar-refractivity contribution in [2.24, 2.45) is 0 Å². The summed E-state index contributed by atoms with van der Waals surface area (Å²) in [5.41, 5.74) is 5.43. The van der Waals surface area contributed by atoms with E-state index in [9.17, 15) is 4.79 Å². The largest absolute Gasteiger partial charge is 0.359 e. The second-order valence-corrected chi connectivity index (χ2v) is 6.48. The highest BCUT2D eigenvalue weighted by molar-refractivity contribution is 5.95. The fourth-order valence-electron chi connectivity index (χ4n) is 2.64. The van der Waals surface area contributed by atoms with Crippen LogP contribution >= 0.6 is 0 Å². The van der Waals surface area contributed by atoms with Crippen molar-refractivity contribution in [3.63, 3.8) is 0 Å². The van der Waals surface area contributed by atoms with Gasteiger partial charge in [-0.25, -0.2) is 4.98 Å². The van der Waals surface area contributed by atoms with Gasteiger partial charge in [-0.3, -0.25) is 4.79 Å². The third-order valence-corrected chi connectivity index (χ3v) is 4.21. The average molecular weight is 374 g/mol. The van der Waals surface area contributed by atoms with Gasteiger partial charge in [-0.2, -0.15) is 0 Å². The second-order valence-electron chi connectivity index (χ2n) is 6.48. The zero-order chi connectivity index (χ0) is 20.5. The number of aromatic nitrogens is 1. The highest BCUT2D eigenvalue weighted by Crippen LogP contribution is 2.23. The minimum absolute atomic E-state index is 0.0586. The summed E-state index contributed by atoms with van der Waals surface area (Å²) >= 11 is 0. The Hall–Kier alpha value is -3.40. The zero-order valence-corrected chi connectivity index (χ0v) is 16.8. The van der Waals surface area contributed by atoms with E-state index in [1.807, 2.05) is 62.4 Å². The SMILES string of the molecule is C=C(C/C=C\C(=C/C)C(C)=O)Nc1ccc(C(=C)Nc2ccccn2)cc1C. The molecule has 0 saturated heterocycles. The van der Waals surface area contributed by atoms with Crippen LogP contribution in [0, 0.1) is 6.92 Å². The first-order valence-electron chi connectivity index (χ1n) is 9.17. The molecule has 1 aromatic carbocycles. The predicted molar refractivity (Wildman–Crippen MR) is 119 cm³/mol. The third kappa shape index (κ3) is 6.09. The van der Waals surface area contributed by atoms with Crippen LogP contribution in [-0.4, -0.2) is 10.8 Å². The molecule has 0 fully saturated rings. The first kappa shape index (κ1) is 20.9. The van der Waals surface area contributed by atoms with Crippen molar-refractivity contribution < 1.29 is 4.79 Å². The Balaban J connectivity index is 1.98. The second kappa shape index (κ2) is 10.1. The molecule has 0 atom stereocenters. The Morgan fingerprint density at radius 1 is 1.18 bits per heavy atom. The molecule has 0 aliphatic carbocycles. The van der Waals surface area contributed by atoms with Gasteiger partial charge in [0.25, 0.3) is 0 Å². The molecule has 0 aliphatic rings. The molecular formula is C24H27N3O. The number of aryl methyl sites for hydroxylation is 1. The number of allylic oxidation sites excluding steroid dienone is 4. The summed E-state index contributed by atoms with van der Waals surface area (Å²) in [4.78, 5) is 15.7. The van der Waals surface area contributed by atoms with Crippen LogP contribution in [0.5, 0.6) is 0 Å². The molecule has 28 heavy (non-hydrogen) atoms. The fraction of sp³-hybridized carbons (Fsp3) is 0.167. The number of nitrogens with zero attached hydrogens (tertiary/aromatic N) is 1. The Morgan fingerprint density at radius 2 is 1.96 bits per heavy atom. The first-order chi connectivity index (χ1) is 13.4. The lowest BCUT2D eigenvalue weighted by molar-refractivity contribution is -0.113. The number of rotatable bonds is 9. The van der Waals surface area contributed by atoms with Gasteiger partial charge in [0, 0.05) is 35.3 Å². The Morgan fingerprint density at radius 3 is 2.57 bits per heavy atom. The molecule has 0 saturated carbocycles. The normalized spacial score (nSPS) is 11.3. The smallest absolute Gasteiger partial charge is 0.159 e. The molecule has 0 bridgehead atoms. The molecule has 1 aromatic heterocycles. The van der Waals surface area contributed by atoms with Crippen LogP contribution in [0.1, 0.15) is 31.4 Å². The topological polar surface area (TPSA) is 54.0 Å². The number of Topliss-reactive ketones (excluding diaryl/α,β-unsaturated/α-hetero) is 1. The molecule has 4 nitrogen and oxygen atoms in total. The van der Waals surface area contributed by atoms with E-state index in [2.05, 4.69) is 34.8 Å². The molecule has 0 unspecified atom stereocenters. The summed E-state index contributed by atoms with van der Waals surface area (Å²) in [6.45, 7) is 13.6. The summed E-state index contributed by atoms with van der Waals surface area (Å²) < 4.78 is 0. The fourth-order valence-corrected chi connectivity index (χ4v) is 2.64. The molecular weight excluding hydrogens is 346 g/mol. The molecule has 0 amide bonds. The molecule has 0 aliphatic heterocycles. The number of benzene rings is 1. The third-order valence-electron chi connectivity index (χ3n) is 4.21. The van der Waals surface area contributed by atoms with E-state index in [1.54, 1.807) is 13.1 Å². The Kier molecular flexibility index (Phi) is 7.52. The van der Waals surface area contributed by atoms with E-state index in [0.717, 1.165) is 34.0 Å². The van der Waals surface area contributed by atoms with Crippen molar-refractivity contribution >= 4 is 23.0 Å². The van der Waals surface area contributed by atoms with Crippen LogP contribution in [0.15, 0.2) is 85.3 Å². The number of ketones is 1. The van der Waals surface area contributed by atoms with Crippen LogP contribution in [0.25, 0.3) is 5.70 Å². The van der Waals surface area contributed by atoms with Gasteiger partial charge in [-0.05, 0) is 56.2 Å². The van der Waals surface area contributed by atoms with Crippen molar-refractivity contribution in [3.8, 4) is 0 Å². The van der Waals surface area contributed by atoms with E-state index < -0.39 is 0 Å². The van der Waals surface area contributed by atoms with Crippen molar-refractivity contribution in [3.05, 3.63) is 96.4 Å². The molecule has 2 N–H and O–H groups in total. The van der Waals surface area contributed by atoms with Gasteiger partial charge in [0.15, 0.2) is 5.78 Å². The van der Waals surface area contributed by atoms with E-state index >= 15 is 0 Å². The first-order valence-corrected chi connectivity index (χ1v) is 9.17. The molecule has 2 aromatic rings. The minimum atomic E-state index is 0.0586. The summed E-state index contributed by atoms with van der Waals surface area (Å²) in [7, 11) is 0. The van der Waals surface area contributed by atoms with Gasteiger partial charge in [0.2, 0.25) is 0 Å². The van der Waals surface area contributed by atoms with Crippen molar-refractivity contribution in [2.75, 3.05) is 10.6 Å². The maximum Gasteiger partial charge on any atom is 0.159 e. The standard InChI is InChI=1S/C24H27N3O/c1-6-21(20(5)28)11-9-10-18(3)26-23-14-13-22(16-17(23)2)19(4)27-24-12-7-8-15-25-24/h6-9,11-16,26H,3-4,10H2,1-2,5H3,(H,25,27)/b11-9-,21-6+. The molecule has 2 rings (SSSR count). The Labute approximate surface area is 167 Å². The monoisotopic (exact) mass is 373 g/mol. The average Bonchev–Trinajstić information content (AvgIpc) is 2.67. The molecule has 1 heterocycles. The van der Waals surface area contributed by atoms with Crippen LogP contribution in [0.2, 0.25) is 0 Å². The highest BCUT2D eigenvalue weighted by atomic mass is 16.1. The number of carbonyl (C=O) groups is 1. The predicted octanol–water partition coefficient (Wildman–Crippen LogP) is 5.88. The lowest BCUT2D eigenvalue weighted by atomic mass is 10.1. The van der Waals surface area contributed by atoms with Gasteiger partial charge in [-0.15, -0.1) is 0 Å². The van der Waals surface area contributed by atoms with Crippen molar-refractivity contribution in [2.45, 2.75) is 27.2 Å². The van der Waals surface area contributed by atoms with Crippen LogP contribution in [-0.2, 0) is 4.79 Å². The van der Waals surface area contributed by atoms with E-state index in [-0.39, 0.29) is 5.78 Å². The molecule has 4 heteroatoms. The van der Waals surface area contributed by atoms with E-state index in [4.69, 9.17) is 0 Å². The number of hydrogen-bond donors (Lipinski definition) is 2. The number of nitrogens with one attached hydrogen (secondary N) is 2. The van der Waals surface area contributed by atoms with Gasteiger partial charge in [-0.1, -0.05) is 43.5 Å². The number of pyridine rings is 1. The number of hydrogen-bond acceptors (Lipinski definition) is 4. The van der Waals surface area contributed by atoms with E-state index in [0.29, 0.717) is 12.0 Å². The van der Waals surface area contributed by atoms with Crippen molar-refractivity contribution in [1.82, 2.24) is 4.98 Å². The molecule has 144 valence electrons. The summed E-state index contributed by atoms with van der Waals surface area (Å²) in [5.74, 6) is 0.821. The van der Waals surface area contributed by atoms with Gasteiger partial charge in [0.05, 0.1) is 0 Å². The quantitative estimate of drug-likeness (QED) is 0.426. The zero-order valence-electron chi connectivity index (χ0n) is 16.8. The minimum Gasteiger partial charge on any atom is -0.359 e. The van der Waals surface area contributed by atoms with Gasteiger partial charge >= 0.3 is 0 Å². The maximum atomic E-state index is 11.4. The lowest BCUT2D eigenvalue weighted by Gasteiger charge is -2.14. The summed E-state index contributed by atoms with van der Waals surface area (Å²) in [5, 5.41) is 6.55. The van der Waals surface area contributed by atoms with E-state index in [1.165, 1.54) is 0 Å². The van der Waals surface area contributed by atoms with Gasteiger partial charge < -0.3 is 10.6 Å². The molecule has 0 spiro atoms. The molecule has 0 radical (unpaired) electrons. The van der Waals surface area contributed by atoms with Crippen LogP contribution < -0.4 is 10.6 Å². The number of anilines is 2. The maximum absolute atomic E-state index is 11.4. The Bertz CT molecular complexity index is 924. The van der Waals surface area contributed by atoms with Crippen LogP contribution in [0.4, 0.5) is 11.5 Å².